The highest BCUT2D eigenvalue weighted by atomic mass is 35.5. The average molecular weight is 383 g/mol. The summed E-state index contributed by atoms with van der Waals surface area (Å²) in [6.07, 6.45) is 1.60. The molecule has 0 saturated carbocycles. The van der Waals surface area contributed by atoms with E-state index in [2.05, 4.69) is 9.98 Å². The lowest BCUT2D eigenvalue weighted by molar-refractivity contribution is 1.17. The molecule has 116 valence electrons. The van der Waals surface area contributed by atoms with Crippen molar-refractivity contribution < 1.29 is 0 Å². The molecule has 0 aliphatic heterocycles. The molecule has 0 N–H and O–H groups in total. The minimum atomic E-state index is 0.147. The van der Waals surface area contributed by atoms with Crippen molar-refractivity contribution in [2.75, 3.05) is 0 Å². The molecular formula is C16H10Cl3N3S. The molecule has 0 spiro atoms. The van der Waals surface area contributed by atoms with Crippen LogP contribution in [-0.2, 0) is 0 Å². The van der Waals surface area contributed by atoms with Gasteiger partial charge in [0.05, 0.1) is 11.9 Å². The molecule has 0 aliphatic rings. The van der Waals surface area contributed by atoms with Crippen LogP contribution in [-0.4, -0.2) is 8.94 Å². The highest BCUT2D eigenvalue weighted by Gasteiger charge is 2.07. The second kappa shape index (κ2) is 7.32. The minimum absolute atomic E-state index is 0.147. The van der Waals surface area contributed by atoms with Crippen molar-refractivity contribution in [1.82, 2.24) is 8.94 Å². The van der Waals surface area contributed by atoms with Crippen molar-refractivity contribution in [3.8, 4) is 11.4 Å². The van der Waals surface area contributed by atoms with Gasteiger partial charge in [0.25, 0.3) is 0 Å². The molecule has 0 saturated heterocycles. The van der Waals surface area contributed by atoms with Crippen LogP contribution >= 0.6 is 46.3 Å². The summed E-state index contributed by atoms with van der Waals surface area (Å²) < 4.78 is 1.94. The Morgan fingerprint density at radius 1 is 1.04 bits per heavy atom. The molecule has 0 fully saturated rings. The summed E-state index contributed by atoms with van der Waals surface area (Å²) in [6.45, 7) is 0. The van der Waals surface area contributed by atoms with Gasteiger partial charge < -0.3 is 0 Å². The maximum absolute atomic E-state index is 5.89. The SMILES string of the molecule is ClC(Cl)=Cn1sc(=Nc2ccc(Cl)cc2)nc1-c1ccccc1. The topological polar surface area (TPSA) is 30.2 Å². The Morgan fingerprint density at radius 3 is 2.39 bits per heavy atom. The van der Waals surface area contributed by atoms with Gasteiger partial charge in [0.15, 0.2) is 5.82 Å². The lowest BCUT2D eigenvalue weighted by Gasteiger charge is -2.00. The van der Waals surface area contributed by atoms with Crippen molar-refractivity contribution in [2.45, 2.75) is 0 Å². The fraction of sp³-hybridized carbons (Fsp3) is 0. The van der Waals surface area contributed by atoms with E-state index in [4.69, 9.17) is 34.8 Å². The number of rotatable bonds is 3. The molecule has 3 rings (SSSR count). The van der Waals surface area contributed by atoms with Crippen LogP contribution in [0.25, 0.3) is 17.6 Å². The maximum atomic E-state index is 5.89. The molecular weight excluding hydrogens is 373 g/mol. The van der Waals surface area contributed by atoms with E-state index < -0.39 is 0 Å². The summed E-state index contributed by atoms with van der Waals surface area (Å²) in [5.74, 6) is 0.724. The van der Waals surface area contributed by atoms with Crippen molar-refractivity contribution in [3.05, 3.63) is 68.9 Å². The van der Waals surface area contributed by atoms with Gasteiger partial charge in [0.1, 0.15) is 4.49 Å². The molecule has 3 nitrogen and oxygen atoms in total. The van der Waals surface area contributed by atoms with E-state index in [1.807, 2.05) is 42.5 Å². The number of benzene rings is 2. The zero-order valence-corrected chi connectivity index (χ0v) is 14.7. The predicted molar refractivity (Wildman–Crippen MR) is 98.2 cm³/mol. The highest BCUT2D eigenvalue weighted by Crippen LogP contribution is 2.21. The first-order chi connectivity index (χ1) is 11.1. The van der Waals surface area contributed by atoms with Gasteiger partial charge in [-0.1, -0.05) is 65.1 Å². The van der Waals surface area contributed by atoms with E-state index in [-0.39, 0.29) is 4.49 Å². The second-order valence-corrected chi connectivity index (χ2v) is 6.89. The zero-order valence-electron chi connectivity index (χ0n) is 11.7. The lowest BCUT2D eigenvalue weighted by Crippen LogP contribution is -1.96. The molecule has 1 heterocycles. The Kier molecular flexibility index (Phi) is 5.18. The van der Waals surface area contributed by atoms with Crippen LogP contribution in [0.1, 0.15) is 0 Å². The van der Waals surface area contributed by atoms with E-state index in [0.717, 1.165) is 17.1 Å². The molecule has 23 heavy (non-hydrogen) atoms. The van der Waals surface area contributed by atoms with Gasteiger partial charge in [-0.25, -0.2) is 4.99 Å². The maximum Gasteiger partial charge on any atom is 0.228 e. The third-order valence-electron chi connectivity index (χ3n) is 2.89. The standard InChI is InChI=1S/C16H10Cl3N3S/c17-12-6-8-13(9-7-12)20-16-21-15(11-4-2-1-3-5-11)22(23-16)10-14(18)19/h1-10H. The van der Waals surface area contributed by atoms with E-state index in [1.165, 1.54) is 11.5 Å². The highest BCUT2D eigenvalue weighted by molar-refractivity contribution is 7.04. The van der Waals surface area contributed by atoms with Crippen LogP contribution in [0.15, 0.2) is 64.1 Å². The quantitative estimate of drug-likeness (QED) is 0.569. The van der Waals surface area contributed by atoms with Crippen molar-refractivity contribution in [1.29, 1.82) is 0 Å². The van der Waals surface area contributed by atoms with Crippen LogP contribution in [0.2, 0.25) is 5.02 Å². The van der Waals surface area contributed by atoms with Gasteiger partial charge in [-0.15, -0.1) is 0 Å². The first-order valence-corrected chi connectivity index (χ1v) is 8.51. The van der Waals surface area contributed by atoms with Crippen molar-refractivity contribution in [3.63, 3.8) is 0 Å². The summed E-state index contributed by atoms with van der Waals surface area (Å²) in [7, 11) is 0. The number of nitrogens with zero attached hydrogens (tertiary/aromatic N) is 3. The average Bonchev–Trinajstić information content (AvgIpc) is 2.92. The number of hydrogen-bond donors (Lipinski definition) is 0. The summed E-state index contributed by atoms with van der Waals surface area (Å²) >= 11 is 18.8. The van der Waals surface area contributed by atoms with Crippen LogP contribution in [0.4, 0.5) is 5.69 Å². The Bertz CT molecular complexity index is 892. The first-order valence-electron chi connectivity index (χ1n) is 6.60. The summed E-state index contributed by atoms with van der Waals surface area (Å²) in [5, 5.41) is 0.667. The molecule has 1 aromatic heterocycles. The van der Waals surface area contributed by atoms with Gasteiger partial charge in [-0.2, -0.15) is 4.98 Å². The van der Waals surface area contributed by atoms with Gasteiger partial charge in [-0.05, 0) is 35.8 Å². The summed E-state index contributed by atoms with van der Waals surface area (Å²) in [6, 6.07) is 17.0. The molecule has 0 aliphatic carbocycles. The third-order valence-corrected chi connectivity index (χ3v) is 4.16. The Labute approximate surface area is 152 Å². The summed E-state index contributed by atoms with van der Waals surface area (Å²) in [5.41, 5.74) is 1.73. The number of hydrogen-bond acceptors (Lipinski definition) is 3. The minimum Gasteiger partial charge on any atom is -0.251 e. The van der Waals surface area contributed by atoms with Crippen molar-refractivity contribution >= 4 is 58.2 Å². The molecule has 0 radical (unpaired) electrons. The van der Waals surface area contributed by atoms with Crippen LogP contribution in [0.3, 0.4) is 0 Å². The van der Waals surface area contributed by atoms with Crippen LogP contribution < -0.4 is 4.80 Å². The molecule has 0 bridgehead atoms. The normalized spacial score (nSPS) is 11.5. The van der Waals surface area contributed by atoms with E-state index in [0.29, 0.717) is 9.82 Å². The molecule has 7 heteroatoms. The second-order valence-electron chi connectivity index (χ2n) is 4.51. The molecule has 3 aromatic rings. The fourth-order valence-corrected chi connectivity index (χ4v) is 3.20. The van der Waals surface area contributed by atoms with Crippen LogP contribution in [0, 0.1) is 0 Å². The zero-order chi connectivity index (χ0) is 16.2. The smallest absolute Gasteiger partial charge is 0.228 e. The Morgan fingerprint density at radius 2 is 1.74 bits per heavy atom. The first kappa shape index (κ1) is 16.3. The molecule has 0 atom stereocenters. The molecule has 0 amide bonds. The van der Waals surface area contributed by atoms with Crippen LogP contribution in [0.5, 0.6) is 0 Å². The van der Waals surface area contributed by atoms with E-state index >= 15 is 0 Å². The molecule has 2 aromatic carbocycles. The lowest BCUT2D eigenvalue weighted by atomic mass is 10.2. The monoisotopic (exact) mass is 381 g/mol. The largest absolute Gasteiger partial charge is 0.251 e. The number of halogens is 3. The van der Waals surface area contributed by atoms with Gasteiger partial charge in [-0.3, -0.25) is 3.96 Å². The van der Waals surface area contributed by atoms with Crippen molar-refractivity contribution in [2.24, 2.45) is 4.99 Å². The predicted octanol–water partition coefficient (Wildman–Crippen LogP) is 5.73. The Hall–Kier alpha value is -1.59. The fourth-order valence-electron chi connectivity index (χ4n) is 1.92. The van der Waals surface area contributed by atoms with Gasteiger partial charge in [0.2, 0.25) is 4.80 Å². The number of aromatic nitrogens is 2. The Balaban J connectivity index is 2.11. The van der Waals surface area contributed by atoms with E-state index in [9.17, 15) is 0 Å². The summed E-state index contributed by atoms with van der Waals surface area (Å²) in [4.78, 5) is 9.67. The van der Waals surface area contributed by atoms with Gasteiger partial charge >= 0.3 is 0 Å². The third kappa shape index (κ3) is 4.24. The molecule has 0 unspecified atom stereocenters. The van der Waals surface area contributed by atoms with Gasteiger partial charge in [0, 0.05) is 10.6 Å². The van der Waals surface area contributed by atoms with E-state index in [1.54, 1.807) is 22.3 Å².